The Morgan fingerprint density at radius 2 is 2.00 bits per heavy atom. The van der Waals surface area contributed by atoms with Gasteiger partial charge < -0.3 is 9.80 Å². The van der Waals surface area contributed by atoms with Crippen LogP contribution in [-0.2, 0) is 4.79 Å². The molecule has 6 nitrogen and oxygen atoms in total. The molecule has 2 aromatic heterocycles. The number of carbonyl (C=O) groups is 1. The van der Waals surface area contributed by atoms with Crippen molar-refractivity contribution in [1.29, 1.82) is 0 Å². The maximum atomic E-state index is 13.0. The number of nitrogens with one attached hydrogen (secondary N) is 1. The Morgan fingerprint density at radius 1 is 1.16 bits per heavy atom. The van der Waals surface area contributed by atoms with Gasteiger partial charge >= 0.3 is 0 Å². The van der Waals surface area contributed by atoms with E-state index in [4.69, 9.17) is 0 Å². The number of amides is 1. The predicted octanol–water partition coefficient (Wildman–Crippen LogP) is 2.28. The third kappa shape index (κ3) is 3.25. The quantitative estimate of drug-likeness (QED) is 0.932. The summed E-state index contributed by atoms with van der Waals surface area (Å²) in [7, 11) is 0. The van der Waals surface area contributed by atoms with Crippen LogP contribution in [0.15, 0.2) is 36.7 Å². The molecule has 2 saturated heterocycles. The molecule has 0 unspecified atom stereocenters. The number of anilines is 1. The second kappa shape index (κ2) is 6.86. The number of aromatic amines is 1. The third-order valence-electron chi connectivity index (χ3n) is 5.67. The summed E-state index contributed by atoms with van der Waals surface area (Å²) in [5.41, 5.74) is 1.20. The van der Waals surface area contributed by atoms with Gasteiger partial charge in [-0.25, -0.2) is 4.98 Å². The highest BCUT2D eigenvalue weighted by Gasteiger charge is 2.38. The molecule has 1 N–H and O–H groups in total. The Bertz CT molecular complexity index is 694. The van der Waals surface area contributed by atoms with Gasteiger partial charge in [0, 0.05) is 50.2 Å². The highest BCUT2D eigenvalue weighted by Crippen LogP contribution is 2.31. The highest BCUT2D eigenvalue weighted by atomic mass is 16.2. The summed E-state index contributed by atoms with van der Waals surface area (Å²) in [6, 6.07) is 8.00. The summed E-state index contributed by atoms with van der Waals surface area (Å²) in [5.74, 6) is 2.22. The molecule has 4 rings (SSSR count). The Labute approximate surface area is 148 Å². The molecule has 2 fully saturated rings. The lowest BCUT2D eigenvalue weighted by molar-refractivity contribution is -0.137. The van der Waals surface area contributed by atoms with Crippen LogP contribution in [-0.4, -0.2) is 52.2 Å². The number of carbonyl (C=O) groups excluding carboxylic acids is 1. The number of pyridine rings is 1. The lowest BCUT2D eigenvalue weighted by atomic mass is 9.91. The molecule has 6 heteroatoms. The summed E-state index contributed by atoms with van der Waals surface area (Å²) in [6.45, 7) is 5.54. The maximum Gasteiger partial charge on any atom is 0.227 e. The first-order valence-electron chi connectivity index (χ1n) is 9.16. The van der Waals surface area contributed by atoms with Crippen molar-refractivity contribution in [2.45, 2.75) is 25.7 Å². The number of aromatic nitrogens is 3. The number of H-pyrrole nitrogens is 1. The highest BCUT2D eigenvalue weighted by molar-refractivity contribution is 5.80. The van der Waals surface area contributed by atoms with Crippen molar-refractivity contribution in [1.82, 2.24) is 20.1 Å². The van der Waals surface area contributed by atoms with Gasteiger partial charge in [-0.2, -0.15) is 5.10 Å². The molecule has 0 aromatic carbocycles. The number of likely N-dealkylation sites (tertiary alicyclic amines) is 1. The smallest absolute Gasteiger partial charge is 0.227 e. The third-order valence-corrected chi connectivity index (χ3v) is 5.67. The van der Waals surface area contributed by atoms with Crippen molar-refractivity contribution in [3.05, 3.63) is 42.4 Å². The van der Waals surface area contributed by atoms with Crippen molar-refractivity contribution in [3.8, 4) is 0 Å². The molecule has 0 spiro atoms. The fraction of sp³-hybridized carbons (Fsp3) is 0.526. The van der Waals surface area contributed by atoms with Crippen LogP contribution in [0.1, 0.15) is 31.4 Å². The number of rotatable bonds is 3. The minimum Gasteiger partial charge on any atom is -0.356 e. The van der Waals surface area contributed by atoms with Gasteiger partial charge in [0.15, 0.2) is 0 Å². The first-order chi connectivity index (χ1) is 12.2. The molecule has 2 aromatic rings. The molecule has 4 heterocycles. The van der Waals surface area contributed by atoms with Crippen LogP contribution in [0.3, 0.4) is 0 Å². The van der Waals surface area contributed by atoms with Crippen LogP contribution in [0.2, 0.25) is 0 Å². The molecule has 132 valence electrons. The number of hydrogen-bond donors (Lipinski definition) is 1. The molecular formula is C19H25N5O. The van der Waals surface area contributed by atoms with Gasteiger partial charge in [-0.3, -0.25) is 9.89 Å². The van der Waals surface area contributed by atoms with Gasteiger partial charge in [0.25, 0.3) is 0 Å². The molecule has 2 aliphatic rings. The monoisotopic (exact) mass is 339 g/mol. The Morgan fingerprint density at radius 3 is 2.68 bits per heavy atom. The lowest BCUT2D eigenvalue weighted by Gasteiger charge is -2.33. The molecular weight excluding hydrogens is 314 g/mol. The van der Waals surface area contributed by atoms with Crippen LogP contribution in [0.5, 0.6) is 0 Å². The van der Waals surface area contributed by atoms with Crippen molar-refractivity contribution in [2.24, 2.45) is 11.8 Å². The molecule has 0 radical (unpaired) electrons. The van der Waals surface area contributed by atoms with Crippen LogP contribution in [0.25, 0.3) is 0 Å². The van der Waals surface area contributed by atoms with Gasteiger partial charge in [-0.15, -0.1) is 0 Å². The van der Waals surface area contributed by atoms with E-state index in [1.54, 1.807) is 6.20 Å². The van der Waals surface area contributed by atoms with Gasteiger partial charge in [0.05, 0.1) is 5.92 Å². The molecule has 0 aliphatic carbocycles. The van der Waals surface area contributed by atoms with E-state index in [9.17, 15) is 4.79 Å². The normalized spacial score (nSPS) is 24.7. The van der Waals surface area contributed by atoms with Gasteiger partial charge in [0.2, 0.25) is 5.91 Å². The lowest BCUT2D eigenvalue weighted by Crippen LogP contribution is -2.43. The Balaban J connectivity index is 1.37. The van der Waals surface area contributed by atoms with Crippen molar-refractivity contribution < 1.29 is 4.79 Å². The first-order valence-corrected chi connectivity index (χ1v) is 9.16. The molecule has 0 saturated carbocycles. The zero-order valence-electron chi connectivity index (χ0n) is 14.6. The van der Waals surface area contributed by atoms with Crippen LogP contribution < -0.4 is 4.90 Å². The van der Waals surface area contributed by atoms with E-state index in [1.165, 1.54) is 5.69 Å². The minimum atomic E-state index is 0.0747. The summed E-state index contributed by atoms with van der Waals surface area (Å²) in [5, 5.41) is 7.11. The van der Waals surface area contributed by atoms with Gasteiger partial charge in [0.1, 0.15) is 5.82 Å². The summed E-state index contributed by atoms with van der Waals surface area (Å²) >= 11 is 0. The van der Waals surface area contributed by atoms with E-state index in [0.29, 0.717) is 17.7 Å². The largest absolute Gasteiger partial charge is 0.356 e. The zero-order valence-corrected chi connectivity index (χ0v) is 14.6. The fourth-order valence-electron chi connectivity index (χ4n) is 4.16. The van der Waals surface area contributed by atoms with Gasteiger partial charge in [-0.1, -0.05) is 13.0 Å². The van der Waals surface area contributed by atoms with E-state index >= 15 is 0 Å². The van der Waals surface area contributed by atoms with E-state index in [2.05, 4.69) is 31.9 Å². The average Bonchev–Trinajstić information content (AvgIpc) is 3.32. The fourth-order valence-corrected chi connectivity index (χ4v) is 4.16. The van der Waals surface area contributed by atoms with Crippen molar-refractivity contribution >= 4 is 11.7 Å². The molecule has 2 atom stereocenters. The average molecular weight is 339 g/mol. The number of hydrogen-bond acceptors (Lipinski definition) is 4. The van der Waals surface area contributed by atoms with Crippen LogP contribution in [0.4, 0.5) is 5.82 Å². The Kier molecular flexibility index (Phi) is 4.42. The van der Waals surface area contributed by atoms with E-state index in [0.717, 1.165) is 44.8 Å². The van der Waals surface area contributed by atoms with Crippen LogP contribution >= 0.6 is 0 Å². The SMILES string of the molecule is C[C@@H]1CN(c2ccccn2)C[C@H]1C(=O)N1CCC(c2ccn[nH]2)CC1. The van der Waals surface area contributed by atoms with Crippen molar-refractivity contribution in [3.63, 3.8) is 0 Å². The van der Waals surface area contributed by atoms with Crippen molar-refractivity contribution in [2.75, 3.05) is 31.1 Å². The topological polar surface area (TPSA) is 65.1 Å². The summed E-state index contributed by atoms with van der Waals surface area (Å²) in [4.78, 5) is 21.8. The number of piperidine rings is 1. The zero-order chi connectivity index (χ0) is 17.2. The first kappa shape index (κ1) is 16.1. The van der Waals surface area contributed by atoms with E-state index in [1.807, 2.05) is 30.5 Å². The van der Waals surface area contributed by atoms with E-state index in [-0.39, 0.29) is 5.92 Å². The van der Waals surface area contributed by atoms with Crippen LogP contribution in [0, 0.1) is 11.8 Å². The standard InChI is InChI=1S/C19H25N5O/c1-14-12-24(18-4-2-3-8-20-18)13-16(14)19(25)23-10-6-15(7-11-23)17-5-9-21-22-17/h2-5,8-9,14-16H,6-7,10-13H2,1H3,(H,21,22)/t14-,16-/m1/s1. The molecule has 1 amide bonds. The second-order valence-corrected chi connectivity index (χ2v) is 7.29. The maximum absolute atomic E-state index is 13.0. The molecule has 2 aliphatic heterocycles. The molecule has 0 bridgehead atoms. The summed E-state index contributed by atoms with van der Waals surface area (Å²) < 4.78 is 0. The summed E-state index contributed by atoms with van der Waals surface area (Å²) in [6.07, 6.45) is 5.65. The number of nitrogens with zero attached hydrogens (tertiary/aromatic N) is 4. The Hall–Kier alpha value is -2.37. The van der Waals surface area contributed by atoms with Gasteiger partial charge in [-0.05, 0) is 37.0 Å². The minimum absolute atomic E-state index is 0.0747. The second-order valence-electron chi connectivity index (χ2n) is 7.29. The predicted molar refractivity (Wildman–Crippen MR) is 96.2 cm³/mol. The van der Waals surface area contributed by atoms with E-state index < -0.39 is 0 Å². The molecule has 25 heavy (non-hydrogen) atoms.